The van der Waals surface area contributed by atoms with Crippen LogP contribution in [0.3, 0.4) is 0 Å². The summed E-state index contributed by atoms with van der Waals surface area (Å²) in [5.41, 5.74) is 0.622. The van der Waals surface area contributed by atoms with Crippen LogP contribution in [0.25, 0.3) is 0 Å². The summed E-state index contributed by atoms with van der Waals surface area (Å²) in [6, 6.07) is 6.74. The van der Waals surface area contributed by atoms with E-state index >= 15 is 0 Å². The molecule has 1 unspecified atom stereocenters. The van der Waals surface area contributed by atoms with Gasteiger partial charge in [0.05, 0.1) is 6.61 Å². The lowest BCUT2D eigenvalue weighted by molar-refractivity contribution is -0.134. The number of nitrogens with one attached hydrogen (secondary N) is 1. The van der Waals surface area contributed by atoms with Crippen LogP contribution >= 0.6 is 0 Å². The molecular formula is C19H25N3O4. The third kappa shape index (κ3) is 4.15. The van der Waals surface area contributed by atoms with Crippen LogP contribution < -0.4 is 10.1 Å². The molecule has 7 nitrogen and oxygen atoms in total. The van der Waals surface area contributed by atoms with Crippen molar-refractivity contribution in [3.63, 3.8) is 0 Å². The van der Waals surface area contributed by atoms with Crippen molar-refractivity contribution in [2.75, 3.05) is 32.8 Å². The van der Waals surface area contributed by atoms with Crippen molar-refractivity contribution in [2.45, 2.75) is 32.2 Å². The Hall–Kier alpha value is -2.57. The van der Waals surface area contributed by atoms with Crippen LogP contribution in [0.2, 0.25) is 0 Å². The maximum absolute atomic E-state index is 12.7. The highest BCUT2D eigenvalue weighted by molar-refractivity contribution is 5.94. The van der Waals surface area contributed by atoms with E-state index in [1.54, 1.807) is 34.1 Å². The molecule has 2 saturated heterocycles. The highest BCUT2D eigenvalue weighted by Gasteiger charge is 2.32. The summed E-state index contributed by atoms with van der Waals surface area (Å²) < 4.78 is 5.40. The molecule has 1 atom stereocenters. The summed E-state index contributed by atoms with van der Waals surface area (Å²) >= 11 is 0. The number of benzene rings is 1. The summed E-state index contributed by atoms with van der Waals surface area (Å²) in [6.07, 6.45) is 1.70. The molecule has 2 fully saturated rings. The first-order chi connectivity index (χ1) is 12.6. The first-order valence-electron chi connectivity index (χ1n) is 9.18. The average molecular weight is 359 g/mol. The van der Waals surface area contributed by atoms with Gasteiger partial charge in [-0.1, -0.05) is 0 Å². The first-order valence-corrected chi connectivity index (χ1v) is 9.18. The van der Waals surface area contributed by atoms with Gasteiger partial charge in [-0.3, -0.25) is 14.4 Å². The molecular weight excluding hydrogens is 334 g/mol. The number of rotatable bonds is 4. The van der Waals surface area contributed by atoms with Crippen LogP contribution in [0.4, 0.5) is 0 Å². The van der Waals surface area contributed by atoms with E-state index in [2.05, 4.69) is 5.32 Å². The second-order valence-electron chi connectivity index (χ2n) is 6.59. The molecule has 0 radical (unpaired) electrons. The fourth-order valence-electron chi connectivity index (χ4n) is 3.40. The van der Waals surface area contributed by atoms with Crippen LogP contribution in [0, 0.1) is 0 Å². The summed E-state index contributed by atoms with van der Waals surface area (Å²) in [5.74, 6) is 0.614. The van der Waals surface area contributed by atoms with E-state index in [0.29, 0.717) is 51.2 Å². The van der Waals surface area contributed by atoms with Crippen LogP contribution in [0.1, 0.15) is 36.5 Å². The van der Waals surface area contributed by atoms with E-state index in [1.807, 2.05) is 6.92 Å². The zero-order valence-corrected chi connectivity index (χ0v) is 15.1. The maximum Gasteiger partial charge on any atom is 0.253 e. The topological polar surface area (TPSA) is 79.0 Å². The molecule has 0 aliphatic carbocycles. The van der Waals surface area contributed by atoms with E-state index in [9.17, 15) is 14.4 Å². The lowest BCUT2D eigenvalue weighted by atomic mass is 10.2. The SMILES string of the molecule is CCOc1ccc(C(=O)N2CCCN(C(=O)C3CCC(=O)N3)CC2)cc1. The van der Waals surface area contributed by atoms with Crippen LogP contribution in [0.5, 0.6) is 5.75 Å². The van der Waals surface area contributed by atoms with Gasteiger partial charge in [-0.2, -0.15) is 0 Å². The molecule has 0 aromatic heterocycles. The number of hydrogen-bond acceptors (Lipinski definition) is 4. The lowest BCUT2D eigenvalue weighted by Gasteiger charge is -2.24. The van der Waals surface area contributed by atoms with Crippen molar-refractivity contribution in [3.8, 4) is 5.75 Å². The van der Waals surface area contributed by atoms with Crippen molar-refractivity contribution in [1.29, 1.82) is 0 Å². The monoisotopic (exact) mass is 359 g/mol. The summed E-state index contributed by atoms with van der Waals surface area (Å²) in [7, 11) is 0. The Morgan fingerprint density at radius 3 is 2.46 bits per heavy atom. The van der Waals surface area contributed by atoms with Gasteiger partial charge in [-0.15, -0.1) is 0 Å². The molecule has 3 amide bonds. The van der Waals surface area contributed by atoms with E-state index in [4.69, 9.17) is 4.74 Å². The number of carbonyl (C=O) groups excluding carboxylic acids is 3. The molecule has 2 aliphatic heterocycles. The number of amides is 3. The zero-order valence-electron chi connectivity index (χ0n) is 15.1. The van der Waals surface area contributed by atoms with Gasteiger partial charge in [0.25, 0.3) is 5.91 Å². The Morgan fingerprint density at radius 2 is 1.81 bits per heavy atom. The van der Waals surface area contributed by atoms with Gasteiger partial charge in [0.1, 0.15) is 11.8 Å². The molecule has 1 aromatic rings. The Labute approximate surface area is 153 Å². The number of nitrogens with zero attached hydrogens (tertiary/aromatic N) is 2. The smallest absolute Gasteiger partial charge is 0.253 e. The fourth-order valence-corrected chi connectivity index (χ4v) is 3.40. The highest BCUT2D eigenvalue weighted by Crippen LogP contribution is 2.16. The number of ether oxygens (including phenoxy) is 1. The van der Waals surface area contributed by atoms with E-state index in [-0.39, 0.29) is 17.7 Å². The average Bonchev–Trinajstić information content (AvgIpc) is 2.93. The second-order valence-corrected chi connectivity index (χ2v) is 6.59. The van der Waals surface area contributed by atoms with Gasteiger partial charge in [-0.05, 0) is 44.0 Å². The molecule has 140 valence electrons. The normalized spacial score (nSPS) is 20.5. The van der Waals surface area contributed by atoms with E-state index < -0.39 is 6.04 Å². The van der Waals surface area contributed by atoms with E-state index in [0.717, 1.165) is 12.2 Å². The van der Waals surface area contributed by atoms with Crippen LogP contribution in [0.15, 0.2) is 24.3 Å². The minimum Gasteiger partial charge on any atom is -0.494 e. The molecule has 26 heavy (non-hydrogen) atoms. The Kier molecular flexibility index (Phi) is 5.75. The predicted octanol–water partition coefficient (Wildman–Crippen LogP) is 1.04. The van der Waals surface area contributed by atoms with Gasteiger partial charge >= 0.3 is 0 Å². The standard InChI is InChI=1S/C19H25N3O4/c1-2-26-15-6-4-14(5-7-15)18(24)21-10-3-11-22(13-12-21)19(25)16-8-9-17(23)20-16/h4-7,16H,2-3,8-13H2,1H3,(H,20,23). The molecule has 0 bridgehead atoms. The zero-order chi connectivity index (χ0) is 18.5. The quantitative estimate of drug-likeness (QED) is 0.871. The van der Waals surface area contributed by atoms with Gasteiger partial charge in [0.2, 0.25) is 11.8 Å². The van der Waals surface area contributed by atoms with Crippen molar-refractivity contribution in [1.82, 2.24) is 15.1 Å². The molecule has 3 rings (SSSR count). The molecule has 0 saturated carbocycles. The first kappa shape index (κ1) is 18.2. The third-order valence-electron chi connectivity index (χ3n) is 4.80. The predicted molar refractivity (Wildman–Crippen MR) is 95.9 cm³/mol. The Balaban J connectivity index is 1.58. The second kappa shape index (κ2) is 8.21. The molecule has 0 spiro atoms. The molecule has 7 heteroatoms. The largest absolute Gasteiger partial charge is 0.494 e. The summed E-state index contributed by atoms with van der Waals surface area (Å²) in [6.45, 7) is 4.72. The molecule has 2 heterocycles. The number of hydrogen-bond donors (Lipinski definition) is 1. The highest BCUT2D eigenvalue weighted by atomic mass is 16.5. The van der Waals surface area contributed by atoms with E-state index in [1.165, 1.54) is 0 Å². The molecule has 2 aliphatic rings. The summed E-state index contributed by atoms with van der Waals surface area (Å²) in [4.78, 5) is 40.1. The van der Waals surface area contributed by atoms with Crippen molar-refractivity contribution in [3.05, 3.63) is 29.8 Å². The minimum atomic E-state index is -0.407. The van der Waals surface area contributed by atoms with Gasteiger partial charge in [-0.25, -0.2) is 0 Å². The van der Waals surface area contributed by atoms with Crippen LogP contribution in [-0.2, 0) is 9.59 Å². The van der Waals surface area contributed by atoms with Crippen molar-refractivity contribution in [2.24, 2.45) is 0 Å². The van der Waals surface area contributed by atoms with Gasteiger partial charge in [0.15, 0.2) is 0 Å². The number of carbonyl (C=O) groups is 3. The Morgan fingerprint density at radius 1 is 1.12 bits per heavy atom. The maximum atomic E-state index is 12.7. The summed E-state index contributed by atoms with van der Waals surface area (Å²) in [5, 5.41) is 2.72. The van der Waals surface area contributed by atoms with Crippen molar-refractivity contribution < 1.29 is 19.1 Å². The van der Waals surface area contributed by atoms with Gasteiger partial charge < -0.3 is 19.9 Å². The molecule has 1 N–H and O–H groups in total. The third-order valence-corrected chi connectivity index (χ3v) is 4.80. The lowest BCUT2D eigenvalue weighted by Crippen LogP contribution is -2.46. The Bertz CT molecular complexity index is 674. The fraction of sp³-hybridized carbons (Fsp3) is 0.526. The van der Waals surface area contributed by atoms with Crippen molar-refractivity contribution >= 4 is 17.7 Å². The molecule has 1 aromatic carbocycles. The van der Waals surface area contributed by atoms with Gasteiger partial charge in [0, 0.05) is 38.2 Å². The minimum absolute atomic E-state index is 0.0310. The van der Waals surface area contributed by atoms with Crippen LogP contribution in [-0.4, -0.2) is 66.3 Å².